The third-order valence-electron chi connectivity index (χ3n) is 4.27. The fourth-order valence-electron chi connectivity index (χ4n) is 2.53. The lowest BCUT2D eigenvalue weighted by Gasteiger charge is -2.15. The van der Waals surface area contributed by atoms with Crippen molar-refractivity contribution in [3.8, 4) is 0 Å². The lowest BCUT2D eigenvalue weighted by molar-refractivity contribution is 0.0343. The Morgan fingerprint density at radius 1 is 0.583 bits per heavy atom. The van der Waals surface area contributed by atoms with E-state index in [1.807, 2.05) is 0 Å². The van der Waals surface area contributed by atoms with Gasteiger partial charge in [0.1, 0.15) is 37.9 Å². The second kappa shape index (κ2) is 16.0. The van der Waals surface area contributed by atoms with Crippen LogP contribution < -0.4 is 0 Å². The van der Waals surface area contributed by atoms with Crippen molar-refractivity contribution in [3.63, 3.8) is 0 Å². The van der Waals surface area contributed by atoms with Crippen LogP contribution in [0.3, 0.4) is 0 Å². The molecule has 12 heteroatoms. The molecule has 0 aliphatic rings. The normalized spacial score (nSPS) is 10.2. The van der Waals surface area contributed by atoms with Gasteiger partial charge in [-0.25, -0.2) is 19.2 Å². The Kier molecular flexibility index (Phi) is 13.5. The molecule has 0 atom stereocenters. The Morgan fingerprint density at radius 2 is 1.03 bits per heavy atom. The number of carbonyl (C=O) groups excluding carboxylic acids is 4. The minimum absolute atomic E-state index is 0.0677. The number of esters is 4. The maximum atomic E-state index is 12.9. The van der Waals surface area contributed by atoms with Crippen molar-refractivity contribution in [2.75, 3.05) is 68.1 Å². The standard InChI is InChI=1S/C24H30O12/c1-15(32-6)14-35-23(27)19-11-17(21(25)33-9-7-29-3)18(22(26)34-10-8-30-4)12-20(19)24(28)36-16(2)13-31-5/h11-12H,1-2,7-10,13-14H2,3-6H3. The van der Waals surface area contributed by atoms with Crippen LogP contribution in [0, 0.1) is 0 Å². The molecule has 36 heavy (non-hydrogen) atoms. The minimum atomic E-state index is -1.06. The number of ether oxygens (including phenoxy) is 8. The monoisotopic (exact) mass is 510 g/mol. The Hall–Kier alpha value is -3.74. The van der Waals surface area contributed by atoms with Gasteiger partial charge in [-0.1, -0.05) is 13.2 Å². The first-order chi connectivity index (χ1) is 17.2. The molecule has 0 aliphatic heterocycles. The molecule has 1 rings (SSSR count). The van der Waals surface area contributed by atoms with Gasteiger partial charge in [-0.05, 0) is 12.1 Å². The molecule has 1 aromatic carbocycles. The lowest BCUT2D eigenvalue weighted by Crippen LogP contribution is -2.22. The van der Waals surface area contributed by atoms with Crippen molar-refractivity contribution >= 4 is 23.9 Å². The molecule has 1 aromatic rings. The van der Waals surface area contributed by atoms with E-state index in [0.717, 1.165) is 12.1 Å². The molecule has 0 spiro atoms. The molecule has 12 nitrogen and oxygen atoms in total. The van der Waals surface area contributed by atoms with Gasteiger partial charge < -0.3 is 37.9 Å². The lowest BCUT2D eigenvalue weighted by atomic mass is 9.98. The largest absolute Gasteiger partial charge is 0.498 e. The van der Waals surface area contributed by atoms with E-state index < -0.39 is 29.4 Å². The average molecular weight is 510 g/mol. The van der Waals surface area contributed by atoms with E-state index >= 15 is 0 Å². The zero-order valence-corrected chi connectivity index (χ0v) is 20.7. The zero-order valence-electron chi connectivity index (χ0n) is 20.7. The first-order valence-electron chi connectivity index (χ1n) is 10.5. The first-order valence-corrected chi connectivity index (χ1v) is 10.5. The SMILES string of the molecule is C=C(COC(=O)c1cc(C(=O)OCCOC)c(C(=O)OCCOC)cc1C(=O)OC(=C)COC)OC. The number of hydrogen-bond donors (Lipinski definition) is 0. The van der Waals surface area contributed by atoms with Crippen molar-refractivity contribution in [2.45, 2.75) is 0 Å². The van der Waals surface area contributed by atoms with E-state index in [9.17, 15) is 19.2 Å². The van der Waals surface area contributed by atoms with Gasteiger partial charge >= 0.3 is 23.9 Å². The van der Waals surface area contributed by atoms with E-state index in [1.54, 1.807) is 0 Å². The summed E-state index contributed by atoms with van der Waals surface area (Å²) in [5.41, 5.74) is -1.48. The van der Waals surface area contributed by atoms with Crippen LogP contribution in [0.5, 0.6) is 0 Å². The van der Waals surface area contributed by atoms with Crippen LogP contribution in [-0.2, 0) is 37.9 Å². The van der Waals surface area contributed by atoms with Gasteiger partial charge in [-0.3, -0.25) is 0 Å². The van der Waals surface area contributed by atoms with E-state index in [-0.39, 0.29) is 67.8 Å². The molecule has 0 aliphatic carbocycles. The fourth-order valence-corrected chi connectivity index (χ4v) is 2.53. The molecule has 0 radical (unpaired) electrons. The summed E-state index contributed by atoms with van der Waals surface area (Å²) in [7, 11) is 5.51. The van der Waals surface area contributed by atoms with Gasteiger partial charge in [0.05, 0.1) is 42.6 Å². The van der Waals surface area contributed by atoms with Crippen LogP contribution in [0.4, 0.5) is 0 Å². The first kappa shape index (κ1) is 30.3. The van der Waals surface area contributed by atoms with Crippen molar-refractivity contribution in [1.29, 1.82) is 0 Å². The van der Waals surface area contributed by atoms with Crippen LogP contribution in [-0.4, -0.2) is 92.0 Å². The highest BCUT2D eigenvalue weighted by Gasteiger charge is 2.29. The van der Waals surface area contributed by atoms with Gasteiger partial charge in [0.25, 0.3) is 0 Å². The number of carbonyl (C=O) groups is 4. The molecule has 0 aromatic heterocycles. The number of rotatable bonds is 16. The van der Waals surface area contributed by atoms with Crippen molar-refractivity contribution in [3.05, 3.63) is 59.1 Å². The predicted octanol–water partition coefficient (Wildman–Crippen LogP) is 1.93. The highest BCUT2D eigenvalue weighted by atomic mass is 16.6. The number of hydrogen-bond acceptors (Lipinski definition) is 12. The molecule has 0 amide bonds. The molecule has 0 bridgehead atoms. The zero-order chi connectivity index (χ0) is 27.1. The highest BCUT2D eigenvalue weighted by molar-refractivity contribution is 6.10. The van der Waals surface area contributed by atoms with Gasteiger partial charge in [0, 0.05) is 21.3 Å². The van der Waals surface area contributed by atoms with Crippen LogP contribution in [0.15, 0.2) is 36.8 Å². The summed E-state index contributed by atoms with van der Waals surface area (Å²) in [6, 6.07) is 1.96. The van der Waals surface area contributed by atoms with Gasteiger partial charge in [-0.15, -0.1) is 0 Å². The summed E-state index contributed by atoms with van der Waals surface area (Å²) in [5.74, 6) is -3.96. The van der Waals surface area contributed by atoms with Crippen LogP contribution in [0.2, 0.25) is 0 Å². The second-order valence-corrected chi connectivity index (χ2v) is 6.88. The summed E-state index contributed by atoms with van der Waals surface area (Å²) < 4.78 is 39.9. The van der Waals surface area contributed by atoms with E-state index in [0.29, 0.717) is 0 Å². The third kappa shape index (κ3) is 9.49. The molecule has 198 valence electrons. The van der Waals surface area contributed by atoms with Crippen LogP contribution >= 0.6 is 0 Å². The van der Waals surface area contributed by atoms with Crippen molar-refractivity contribution < 1.29 is 57.1 Å². The quantitative estimate of drug-likeness (QED) is 0.139. The maximum absolute atomic E-state index is 12.9. The summed E-state index contributed by atoms with van der Waals surface area (Å²) >= 11 is 0. The fraction of sp³-hybridized carbons (Fsp3) is 0.417. The molecule has 0 saturated heterocycles. The molecule has 0 N–H and O–H groups in total. The number of benzene rings is 1. The van der Waals surface area contributed by atoms with Gasteiger partial charge in [0.2, 0.25) is 0 Å². The average Bonchev–Trinajstić information content (AvgIpc) is 2.86. The maximum Gasteiger partial charge on any atom is 0.344 e. The molecule has 0 unspecified atom stereocenters. The summed E-state index contributed by atoms with van der Waals surface area (Å²) in [6.07, 6.45) is 0. The molecule has 0 saturated carbocycles. The Labute approximate surface area is 208 Å². The predicted molar refractivity (Wildman–Crippen MR) is 124 cm³/mol. The Morgan fingerprint density at radius 3 is 1.44 bits per heavy atom. The third-order valence-corrected chi connectivity index (χ3v) is 4.27. The van der Waals surface area contributed by atoms with Crippen LogP contribution in [0.1, 0.15) is 41.4 Å². The summed E-state index contributed by atoms with van der Waals surface area (Å²) in [4.78, 5) is 51.3. The topological polar surface area (TPSA) is 142 Å². The van der Waals surface area contributed by atoms with Gasteiger partial charge in [-0.2, -0.15) is 0 Å². The second-order valence-electron chi connectivity index (χ2n) is 6.88. The molecular formula is C24H30O12. The smallest absolute Gasteiger partial charge is 0.344 e. The Balaban J connectivity index is 3.58. The summed E-state index contributed by atoms with van der Waals surface area (Å²) in [5, 5.41) is 0. The van der Waals surface area contributed by atoms with E-state index in [4.69, 9.17) is 37.9 Å². The van der Waals surface area contributed by atoms with E-state index in [1.165, 1.54) is 28.4 Å². The summed E-state index contributed by atoms with van der Waals surface area (Å²) in [6.45, 7) is 6.52. The van der Waals surface area contributed by atoms with Crippen molar-refractivity contribution in [1.82, 2.24) is 0 Å². The Bertz CT molecular complexity index is 966. The molecule has 0 heterocycles. The van der Waals surface area contributed by atoms with Gasteiger partial charge in [0.15, 0.2) is 0 Å². The van der Waals surface area contributed by atoms with Crippen LogP contribution in [0.25, 0.3) is 0 Å². The minimum Gasteiger partial charge on any atom is -0.498 e. The number of methoxy groups -OCH3 is 4. The molecular weight excluding hydrogens is 480 g/mol. The molecule has 0 fully saturated rings. The van der Waals surface area contributed by atoms with E-state index in [2.05, 4.69) is 13.2 Å². The highest BCUT2D eigenvalue weighted by Crippen LogP contribution is 2.23. The van der Waals surface area contributed by atoms with Crippen molar-refractivity contribution in [2.24, 2.45) is 0 Å².